The van der Waals surface area contributed by atoms with E-state index >= 15 is 0 Å². The molecule has 0 aliphatic heterocycles. The number of benzene rings is 2. The van der Waals surface area contributed by atoms with Crippen LogP contribution in [0.1, 0.15) is 23.1 Å². The summed E-state index contributed by atoms with van der Waals surface area (Å²) in [6.07, 6.45) is 1.86. The third-order valence-corrected chi connectivity index (χ3v) is 4.11. The Hall–Kier alpha value is -2.49. The van der Waals surface area contributed by atoms with E-state index in [1.165, 1.54) is 16.8 Å². The lowest BCUT2D eigenvalue weighted by Gasteiger charge is -2.13. The van der Waals surface area contributed by atoms with E-state index in [1.807, 2.05) is 40.1 Å². The maximum atomic E-state index is 11.9. The smallest absolute Gasteiger partial charge is 0.257 e. The van der Waals surface area contributed by atoms with Gasteiger partial charge in [-0.2, -0.15) is 0 Å². The van der Waals surface area contributed by atoms with Crippen molar-refractivity contribution in [2.24, 2.45) is 0 Å². The number of hydrogen-bond acceptors (Lipinski definition) is 3. The van der Waals surface area contributed by atoms with E-state index in [2.05, 4.69) is 40.5 Å². The molecule has 0 bridgehead atoms. The van der Waals surface area contributed by atoms with Crippen LogP contribution in [0.15, 0.2) is 42.5 Å². The Morgan fingerprint density at radius 3 is 2.44 bits per heavy atom. The predicted octanol–water partition coefficient (Wildman–Crippen LogP) is 3.50. The first-order chi connectivity index (χ1) is 12.0. The van der Waals surface area contributed by atoms with Gasteiger partial charge in [-0.3, -0.25) is 4.79 Å². The Morgan fingerprint density at radius 1 is 1.08 bits per heavy atom. The molecule has 0 aliphatic carbocycles. The van der Waals surface area contributed by atoms with E-state index in [1.54, 1.807) is 0 Å². The van der Waals surface area contributed by atoms with Gasteiger partial charge in [0.25, 0.3) is 5.91 Å². The van der Waals surface area contributed by atoms with Crippen molar-refractivity contribution in [1.29, 1.82) is 0 Å². The molecule has 0 unspecified atom stereocenters. The van der Waals surface area contributed by atoms with Gasteiger partial charge in [-0.15, -0.1) is 0 Å². The molecular weight excluding hydrogens is 312 g/mol. The van der Waals surface area contributed by atoms with Crippen molar-refractivity contribution in [3.63, 3.8) is 0 Å². The third kappa shape index (κ3) is 6.14. The number of rotatable bonds is 8. The largest absolute Gasteiger partial charge is 0.484 e. The molecule has 0 fully saturated rings. The first kappa shape index (κ1) is 18.8. The molecule has 0 saturated heterocycles. The summed E-state index contributed by atoms with van der Waals surface area (Å²) < 4.78 is 5.59. The Balaban J connectivity index is 1.66. The number of anilines is 1. The fourth-order valence-corrected chi connectivity index (χ4v) is 2.64. The molecule has 4 nitrogen and oxygen atoms in total. The molecule has 1 amide bonds. The molecular formula is C21H28N2O2. The van der Waals surface area contributed by atoms with Gasteiger partial charge in [0.2, 0.25) is 0 Å². The summed E-state index contributed by atoms with van der Waals surface area (Å²) in [5.41, 5.74) is 4.72. The van der Waals surface area contributed by atoms with Crippen molar-refractivity contribution in [3.05, 3.63) is 59.2 Å². The van der Waals surface area contributed by atoms with Gasteiger partial charge in [-0.05, 0) is 56.0 Å². The van der Waals surface area contributed by atoms with Crippen LogP contribution in [0, 0.1) is 13.8 Å². The van der Waals surface area contributed by atoms with Gasteiger partial charge in [0, 0.05) is 26.3 Å². The molecule has 0 saturated carbocycles. The summed E-state index contributed by atoms with van der Waals surface area (Å²) in [7, 11) is 4.06. The van der Waals surface area contributed by atoms with E-state index in [0.29, 0.717) is 6.54 Å². The number of ether oxygens (including phenoxy) is 1. The Bertz CT molecular complexity index is 694. The molecule has 25 heavy (non-hydrogen) atoms. The van der Waals surface area contributed by atoms with Gasteiger partial charge in [-0.25, -0.2) is 0 Å². The fourth-order valence-electron chi connectivity index (χ4n) is 2.64. The minimum Gasteiger partial charge on any atom is -0.484 e. The summed E-state index contributed by atoms with van der Waals surface area (Å²) in [6, 6.07) is 14.5. The first-order valence-corrected chi connectivity index (χ1v) is 8.69. The van der Waals surface area contributed by atoms with Crippen molar-refractivity contribution in [1.82, 2.24) is 5.32 Å². The second-order valence-electron chi connectivity index (χ2n) is 6.57. The third-order valence-electron chi connectivity index (χ3n) is 4.11. The van der Waals surface area contributed by atoms with Crippen molar-refractivity contribution in [3.8, 4) is 5.75 Å². The van der Waals surface area contributed by atoms with E-state index in [0.717, 1.165) is 24.2 Å². The predicted molar refractivity (Wildman–Crippen MR) is 104 cm³/mol. The quantitative estimate of drug-likeness (QED) is 0.748. The molecule has 0 atom stereocenters. The number of nitrogens with zero attached hydrogens (tertiary/aromatic N) is 1. The average Bonchev–Trinajstić information content (AvgIpc) is 2.58. The number of amides is 1. The molecule has 0 aromatic heterocycles. The van der Waals surface area contributed by atoms with Crippen molar-refractivity contribution < 1.29 is 9.53 Å². The average molecular weight is 340 g/mol. The number of carbonyl (C=O) groups is 1. The van der Waals surface area contributed by atoms with Crippen LogP contribution >= 0.6 is 0 Å². The molecule has 0 heterocycles. The lowest BCUT2D eigenvalue weighted by molar-refractivity contribution is -0.123. The van der Waals surface area contributed by atoms with Gasteiger partial charge >= 0.3 is 0 Å². The number of carbonyl (C=O) groups excluding carboxylic acids is 1. The molecule has 4 heteroatoms. The number of aryl methyl sites for hydroxylation is 3. The molecule has 1 N–H and O–H groups in total. The fraction of sp³-hybridized carbons (Fsp3) is 0.381. The van der Waals surface area contributed by atoms with Crippen LogP contribution in [-0.2, 0) is 11.2 Å². The monoisotopic (exact) mass is 340 g/mol. The Labute approximate surface area is 150 Å². The first-order valence-electron chi connectivity index (χ1n) is 8.69. The molecule has 0 spiro atoms. The van der Waals surface area contributed by atoms with Crippen molar-refractivity contribution in [2.45, 2.75) is 26.7 Å². The van der Waals surface area contributed by atoms with Crippen LogP contribution in [-0.4, -0.2) is 33.2 Å². The highest BCUT2D eigenvalue weighted by Crippen LogP contribution is 2.18. The molecule has 134 valence electrons. The maximum Gasteiger partial charge on any atom is 0.257 e. The molecule has 2 aromatic rings. The van der Waals surface area contributed by atoms with Gasteiger partial charge in [0.15, 0.2) is 6.61 Å². The summed E-state index contributed by atoms with van der Waals surface area (Å²) in [5.74, 6) is 0.685. The van der Waals surface area contributed by atoms with E-state index in [9.17, 15) is 4.79 Å². The molecule has 2 aromatic carbocycles. The highest BCUT2D eigenvalue weighted by molar-refractivity contribution is 5.77. The number of hydrogen-bond donors (Lipinski definition) is 1. The normalized spacial score (nSPS) is 10.4. The summed E-state index contributed by atoms with van der Waals surface area (Å²) in [5, 5.41) is 2.91. The lowest BCUT2D eigenvalue weighted by Crippen LogP contribution is -2.30. The molecule has 2 rings (SSSR count). The minimum atomic E-state index is -0.0806. The van der Waals surface area contributed by atoms with E-state index in [-0.39, 0.29) is 12.5 Å². The highest BCUT2D eigenvalue weighted by atomic mass is 16.5. The van der Waals surface area contributed by atoms with Crippen LogP contribution in [0.3, 0.4) is 0 Å². The minimum absolute atomic E-state index is 0.0570. The van der Waals surface area contributed by atoms with Gasteiger partial charge in [-0.1, -0.05) is 29.8 Å². The topological polar surface area (TPSA) is 41.6 Å². The molecule has 0 radical (unpaired) electrons. The summed E-state index contributed by atoms with van der Waals surface area (Å²) >= 11 is 0. The zero-order chi connectivity index (χ0) is 18.2. The van der Waals surface area contributed by atoms with Crippen LogP contribution < -0.4 is 15.0 Å². The van der Waals surface area contributed by atoms with Gasteiger partial charge in [0.1, 0.15) is 5.75 Å². The second kappa shape index (κ2) is 9.11. The standard InChI is InChI=1S/C21H28N2O2/c1-16-7-12-20(17(2)14-16)25-15-21(24)22-13-5-6-18-8-10-19(11-9-18)23(3)4/h7-12,14H,5-6,13,15H2,1-4H3,(H,22,24). The van der Waals surface area contributed by atoms with Crippen molar-refractivity contribution in [2.75, 3.05) is 32.1 Å². The summed E-state index contributed by atoms with van der Waals surface area (Å²) in [4.78, 5) is 14.0. The van der Waals surface area contributed by atoms with E-state index in [4.69, 9.17) is 4.74 Å². The number of nitrogens with one attached hydrogen (secondary N) is 1. The highest BCUT2D eigenvalue weighted by Gasteiger charge is 2.05. The Kier molecular flexibility index (Phi) is 6.87. The second-order valence-corrected chi connectivity index (χ2v) is 6.57. The van der Waals surface area contributed by atoms with E-state index < -0.39 is 0 Å². The van der Waals surface area contributed by atoms with Crippen LogP contribution in [0.5, 0.6) is 5.75 Å². The zero-order valence-electron chi connectivity index (χ0n) is 15.6. The Morgan fingerprint density at radius 2 is 1.80 bits per heavy atom. The maximum absolute atomic E-state index is 11.9. The van der Waals surface area contributed by atoms with Crippen LogP contribution in [0.25, 0.3) is 0 Å². The SMILES string of the molecule is Cc1ccc(OCC(=O)NCCCc2ccc(N(C)C)cc2)c(C)c1. The van der Waals surface area contributed by atoms with Crippen LogP contribution in [0.2, 0.25) is 0 Å². The van der Waals surface area contributed by atoms with Crippen molar-refractivity contribution >= 4 is 11.6 Å². The molecule has 0 aliphatic rings. The zero-order valence-corrected chi connectivity index (χ0v) is 15.6. The van der Waals surface area contributed by atoms with Gasteiger partial charge in [0.05, 0.1) is 0 Å². The van der Waals surface area contributed by atoms with Gasteiger partial charge < -0.3 is 15.0 Å². The summed E-state index contributed by atoms with van der Waals surface area (Å²) in [6.45, 7) is 4.74. The van der Waals surface area contributed by atoms with Crippen LogP contribution in [0.4, 0.5) is 5.69 Å². The lowest BCUT2D eigenvalue weighted by atomic mass is 10.1.